The molecule has 3 unspecified atom stereocenters. The number of rotatable bonds is 8. The van der Waals surface area contributed by atoms with Gasteiger partial charge in [0.25, 0.3) is 5.91 Å². The number of carbonyl (C=O) groups is 3. The molecule has 188 valence electrons. The maximum atomic E-state index is 13.4. The van der Waals surface area contributed by atoms with Crippen LogP contribution in [0, 0.1) is 11.2 Å². The number of nitrogens with zero attached hydrogens (tertiary/aromatic N) is 2. The first-order valence-electron chi connectivity index (χ1n) is 12.0. The molecular formula is C25H37FN4O4. The van der Waals surface area contributed by atoms with Gasteiger partial charge in [0.1, 0.15) is 11.9 Å². The lowest BCUT2D eigenvalue weighted by Gasteiger charge is -2.33. The van der Waals surface area contributed by atoms with Crippen molar-refractivity contribution in [1.29, 1.82) is 0 Å². The molecule has 8 nitrogen and oxygen atoms in total. The molecule has 0 aromatic heterocycles. The van der Waals surface area contributed by atoms with E-state index in [4.69, 9.17) is 10.5 Å². The van der Waals surface area contributed by atoms with Crippen molar-refractivity contribution >= 4 is 17.7 Å². The van der Waals surface area contributed by atoms with Crippen molar-refractivity contribution in [2.24, 2.45) is 11.1 Å². The summed E-state index contributed by atoms with van der Waals surface area (Å²) in [7, 11) is 0. The average Bonchev–Trinajstić information content (AvgIpc) is 3.44. The molecule has 3 amide bonds. The lowest BCUT2D eigenvalue weighted by Crippen LogP contribution is -2.47. The lowest BCUT2D eigenvalue weighted by molar-refractivity contribution is -0.137. The van der Waals surface area contributed by atoms with E-state index in [1.165, 1.54) is 29.2 Å². The number of ether oxygens (including phenoxy) is 1. The number of nitrogens with one attached hydrogen (secondary N) is 1. The highest BCUT2D eigenvalue weighted by Gasteiger charge is 2.44. The van der Waals surface area contributed by atoms with Crippen LogP contribution in [0.5, 0.6) is 0 Å². The molecule has 1 aromatic rings. The number of nitrogens with two attached hydrogens (primary N) is 1. The maximum absolute atomic E-state index is 13.4. The second kappa shape index (κ2) is 11.3. The van der Waals surface area contributed by atoms with Crippen LogP contribution in [0.25, 0.3) is 0 Å². The molecule has 2 saturated heterocycles. The number of carbonyl (C=O) groups excluding carboxylic acids is 3. The zero-order valence-electron chi connectivity index (χ0n) is 20.4. The van der Waals surface area contributed by atoms with Crippen LogP contribution in [0.2, 0.25) is 0 Å². The van der Waals surface area contributed by atoms with E-state index in [1.54, 1.807) is 0 Å². The first-order valence-corrected chi connectivity index (χ1v) is 12.0. The lowest BCUT2D eigenvalue weighted by atomic mass is 9.91. The van der Waals surface area contributed by atoms with Crippen LogP contribution in [0.3, 0.4) is 0 Å². The van der Waals surface area contributed by atoms with E-state index in [-0.39, 0.29) is 48.4 Å². The van der Waals surface area contributed by atoms with Crippen LogP contribution >= 0.6 is 0 Å². The molecule has 3 N–H and O–H groups in total. The Morgan fingerprint density at radius 3 is 2.53 bits per heavy atom. The van der Waals surface area contributed by atoms with Crippen molar-refractivity contribution in [1.82, 2.24) is 15.1 Å². The maximum Gasteiger partial charge on any atom is 0.254 e. The molecule has 2 heterocycles. The summed E-state index contributed by atoms with van der Waals surface area (Å²) in [5, 5.41) is 2.77. The van der Waals surface area contributed by atoms with Crippen molar-refractivity contribution < 1.29 is 23.5 Å². The quantitative estimate of drug-likeness (QED) is 0.597. The Hall–Kier alpha value is -2.52. The third kappa shape index (κ3) is 6.76. The van der Waals surface area contributed by atoms with Gasteiger partial charge in [-0.05, 0) is 48.9 Å². The van der Waals surface area contributed by atoms with E-state index >= 15 is 0 Å². The summed E-state index contributed by atoms with van der Waals surface area (Å²) in [6.07, 6.45) is 2.47. The molecule has 0 saturated carbocycles. The second-order valence-corrected chi connectivity index (χ2v) is 10.4. The van der Waals surface area contributed by atoms with Gasteiger partial charge in [-0.2, -0.15) is 0 Å². The molecule has 2 aliphatic heterocycles. The van der Waals surface area contributed by atoms with E-state index < -0.39 is 11.9 Å². The predicted octanol–water partition coefficient (Wildman–Crippen LogP) is 1.93. The fraction of sp³-hybridized carbons (Fsp3) is 0.640. The van der Waals surface area contributed by atoms with Gasteiger partial charge in [-0.15, -0.1) is 0 Å². The van der Waals surface area contributed by atoms with Crippen molar-refractivity contribution in [2.75, 3.05) is 32.8 Å². The fourth-order valence-electron chi connectivity index (χ4n) is 4.60. The number of hydrogen-bond acceptors (Lipinski definition) is 5. The van der Waals surface area contributed by atoms with Crippen LogP contribution in [0.4, 0.5) is 4.39 Å². The van der Waals surface area contributed by atoms with Crippen molar-refractivity contribution in [2.45, 2.75) is 64.6 Å². The molecule has 2 fully saturated rings. The minimum atomic E-state index is -0.747. The van der Waals surface area contributed by atoms with Crippen molar-refractivity contribution in [3.05, 3.63) is 35.6 Å². The molecule has 2 aliphatic rings. The molecule has 34 heavy (non-hydrogen) atoms. The van der Waals surface area contributed by atoms with Crippen LogP contribution in [0.15, 0.2) is 24.3 Å². The fourth-order valence-corrected chi connectivity index (χ4v) is 4.60. The molecule has 0 radical (unpaired) electrons. The molecule has 3 atom stereocenters. The molecule has 1 aromatic carbocycles. The molecule has 0 bridgehead atoms. The van der Waals surface area contributed by atoms with Crippen LogP contribution < -0.4 is 11.1 Å². The van der Waals surface area contributed by atoms with Gasteiger partial charge in [-0.3, -0.25) is 14.4 Å². The summed E-state index contributed by atoms with van der Waals surface area (Å²) in [6.45, 7) is 7.95. The van der Waals surface area contributed by atoms with Crippen molar-refractivity contribution in [3.8, 4) is 0 Å². The smallest absolute Gasteiger partial charge is 0.254 e. The molecular weight excluding hydrogens is 439 g/mol. The Balaban J connectivity index is 1.86. The summed E-state index contributed by atoms with van der Waals surface area (Å²) in [4.78, 5) is 43.0. The Labute approximate surface area is 201 Å². The first kappa shape index (κ1) is 26.1. The number of hydrogen-bond donors (Lipinski definition) is 2. The topological polar surface area (TPSA) is 105 Å². The zero-order valence-corrected chi connectivity index (χ0v) is 20.4. The Kier molecular flexibility index (Phi) is 8.65. The van der Waals surface area contributed by atoms with Gasteiger partial charge in [0.2, 0.25) is 11.8 Å². The summed E-state index contributed by atoms with van der Waals surface area (Å²) in [6, 6.07) is 4.20. The van der Waals surface area contributed by atoms with Gasteiger partial charge < -0.3 is 25.6 Å². The largest absolute Gasteiger partial charge is 0.376 e. The number of halogens is 1. The summed E-state index contributed by atoms with van der Waals surface area (Å²) in [5.41, 5.74) is 5.64. The highest BCUT2D eigenvalue weighted by atomic mass is 19.1. The predicted molar refractivity (Wildman–Crippen MR) is 126 cm³/mol. The van der Waals surface area contributed by atoms with Crippen LogP contribution in [0.1, 0.15) is 56.8 Å². The van der Waals surface area contributed by atoms with Crippen LogP contribution in [-0.2, 0) is 14.3 Å². The Bertz CT molecular complexity index is 865. The Morgan fingerprint density at radius 2 is 1.94 bits per heavy atom. The standard InChI is InChI=1S/C25H37FN4O4/c1-25(2,3)14-22(31)29(16-20-5-4-12-34-20)19-13-21(23(32)28-11-10-27)30(15-19)24(33)17-6-8-18(26)9-7-17/h6-9,19-21H,4-5,10-16,27H2,1-3H3,(H,28,32). The van der Waals surface area contributed by atoms with E-state index in [0.29, 0.717) is 38.1 Å². The van der Waals surface area contributed by atoms with Gasteiger partial charge in [0, 0.05) is 44.8 Å². The average molecular weight is 477 g/mol. The van der Waals surface area contributed by atoms with Crippen molar-refractivity contribution in [3.63, 3.8) is 0 Å². The van der Waals surface area contributed by atoms with Gasteiger partial charge in [-0.25, -0.2) is 4.39 Å². The third-order valence-electron chi connectivity index (χ3n) is 6.24. The van der Waals surface area contributed by atoms with E-state index in [2.05, 4.69) is 5.32 Å². The Morgan fingerprint density at radius 1 is 1.24 bits per heavy atom. The molecule has 0 spiro atoms. The molecule has 9 heteroatoms. The number of amides is 3. The van der Waals surface area contributed by atoms with Crippen LogP contribution in [-0.4, -0.2) is 78.5 Å². The summed E-state index contributed by atoms with van der Waals surface area (Å²) < 4.78 is 19.2. The molecule has 0 aliphatic carbocycles. The van der Waals surface area contributed by atoms with E-state index in [0.717, 1.165) is 12.8 Å². The second-order valence-electron chi connectivity index (χ2n) is 10.4. The van der Waals surface area contributed by atoms with E-state index in [9.17, 15) is 18.8 Å². The first-order chi connectivity index (χ1) is 16.1. The number of benzene rings is 1. The van der Waals surface area contributed by atoms with Gasteiger partial charge in [-0.1, -0.05) is 20.8 Å². The monoisotopic (exact) mass is 476 g/mol. The minimum Gasteiger partial charge on any atom is -0.376 e. The van der Waals surface area contributed by atoms with Gasteiger partial charge in [0.05, 0.1) is 12.1 Å². The summed E-state index contributed by atoms with van der Waals surface area (Å²) in [5.74, 6) is -1.12. The molecule has 3 rings (SSSR count). The zero-order chi connectivity index (χ0) is 24.9. The van der Waals surface area contributed by atoms with Gasteiger partial charge >= 0.3 is 0 Å². The summed E-state index contributed by atoms with van der Waals surface area (Å²) >= 11 is 0. The van der Waals surface area contributed by atoms with E-state index in [1.807, 2.05) is 25.7 Å². The highest BCUT2D eigenvalue weighted by molar-refractivity contribution is 5.98. The SMILES string of the molecule is CC(C)(C)CC(=O)N(CC1CCCO1)C1CC(C(=O)NCCN)N(C(=O)c2ccc(F)cc2)C1. The minimum absolute atomic E-state index is 0.00908. The highest BCUT2D eigenvalue weighted by Crippen LogP contribution is 2.29. The normalized spacial score (nSPS) is 22.6. The third-order valence-corrected chi connectivity index (χ3v) is 6.24. The van der Waals surface area contributed by atoms with Gasteiger partial charge in [0.15, 0.2) is 0 Å². The number of likely N-dealkylation sites (tertiary alicyclic amines) is 1.